The summed E-state index contributed by atoms with van der Waals surface area (Å²) in [4.78, 5) is 24.6. The van der Waals surface area contributed by atoms with Gasteiger partial charge in [-0.2, -0.15) is 0 Å². The van der Waals surface area contributed by atoms with Crippen molar-refractivity contribution in [1.29, 1.82) is 0 Å². The van der Waals surface area contributed by atoms with Crippen LogP contribution in [0.15, 0.2) is 4.42 Å². The second kappa shape index (κ2) is 6.24. The minimum atomic E-state index is -0.477. The van der Waals surface area contributed by atoms with E-state index in [9.17, 15) is 9.59 Å². The Bertz CT molecular complexity index is 589. The fraction of sp³-hybridized carbons (Fsp3) is 0.647. The molecule has 1 heterocycles. The average molecular weight is 306 g/mol. The zero-order chi connectivity index (χ0) is 16.5. The van der Waals surface area contributed by atoms with E-state index in [1.807, 2.05) is 6.92 Å². The summed E-state index contributed by atoms with van der Waals surface area (Å²) in [5, 5.41) is 2.99. The third-order valence-electron chi connectivity index (χ3n) is 4.24. The van der Waals surface area contributed by atoms with Crippen molar-refractivity contribution in [2.75, 3.05) is 6.54 Å². The molecule has 1 aliphatic carbocycles. The van der Waals surface area contributed by atoms with E-state index in [1.54, 1.807) is 6.92 Å². The molecule has 1 aromatic rings. The monoisotopic (exact) mass is 306 g/mol. The molecular weight excluding hydrogens is 280 g/mol. The van der Waals surface area contributed by atoms with Crippen molar-refractivity contribution in [2.24, 2.45) is 11.7 Å². The van der Waals surface area contributed by atoms with Crippen LogP contribution in [-0.2, 0) is 6.42 Å². The standard InChI is InChI=1S/C17H26N2O3/c1-10(2)8-17(4,9-18)19-16(21)15-11(3)14-12(20)6-5-7-13(14)22-15/h10H,5-9,18H2,1-4H3,(H,19,21). The molecule has 2 rings (SSSR count). The fourth-order valence-corrected chi connectivity index (χ4v) is 3.28. The van der Waals surface area contributed by atoms with Gasteiger partial charge < -0.3 is 15.5 Å². The number of fused-ring (bicyclic) bond motifs is 1. The third-order valence-corrected chi connectivity index (χ3v) is 4.24. The number of ketones is 1. The number of hydrogen-bond donors (Lipinski definition) is 2. The lowest BCUT2D eigenvalue weighted by molar-refractivity contribution is 0.0865. The highest BCUT2D eigenvalue weighted by molar-refractivity contribution is 6.03. The lowest BCUT2D eigenvalue weighted by Gasteiger charge is -2.30. The molecule has 0 aliphatic heterocycles. The van der Waals surface area contributed by atoms with Crippen LogP contribution in [0, 0.1) is 12.8 Å². The minimum Gasteiger partial charge on any atom is -0.455 e. The molecule has 3 N–H and O–H groups in total. The van der Waals surface area contributed by atoms with Crippen LogP contribution in [0.3, 0.4) is 0 Å². The van der Waals surface area contributed by atoms with Gasteiger partial charge in [-0.3, -0.25) is 9.59 Å². The number of aryl methyl sites for hydroxylation is 1. The Labute approximate surface area is 131 Å². The van der Waals surface area contributed by atoms with Crippen LogP contribution in [-0.4, -0.2) is 23.8 Å². The second-order valence-corrected chi connectivity index (χ2v) is 6.95. The molecule has 5 nitrogen and oxygen atoms in total. The Hall–Kier alpha value is -1.62. The smallest absolute Gasteiger partial charge is 0.287 e. The molecule has 0 saturated carbocycles. The summed E-state index contributed by atoms with van der Waals surface area (Å²) in [6, 6.07) is 0. The second-order valence-electron chi connectivity index (χ2n) is 6.95. The van der Waals surface area contributed by atoms with Gasteiger partial charge in [0.15, 0.2) is 11.5 Å². The molecular formula is C17H26N2O3. The molecule has 1 aromatic heterocycles. The molecule has 1 atom stereocenters. The molecule has 0 aromatic carbocycles. The molecule has 0 spiro atoms. The molecule has 0 bridgehead atoms. The van der Waals surface area contributed by atoms with Crippen LogP contribution < -0.4 is 11.1 Å². The van der Waals surface area contributed by atoms with Gasteiger partial charge in [0.1, 0.15) is 5.76 Å². The summed E-state index contributed by atoms with van der Waals surface area (Å²) in [5.41, 5.74) is 6.62. The van der Waals surface area contributed by atoms with E-state index in [1.165, 1.54) is 0 Å². The molecule has 1 amide bonds. The highest BCUT2D eigenvalue weighted by Gasteiger charge is 2.32. The van der Waals surface area contributed by atoms with Crippen molar-refractivity contribution in [1.82, 2.24) is 5.32 Å². The van der Waals surface area contributed by atoms with Crippen LogP contribution in [0.5, 0.6) is 0 Å². The number of Topliss-reactive ketones (excluding diaryl/α,β-unsaturated/α-hetero) is 1. The topological polar surface area (TPSA) is 85.3 Å². The number of nitrogens with one attached hydrogen (secondary N) is 1. The van der Waals surface area contributed by atoms with Crippen LogP contribution in [0.2, 0.25) is 0 Å². The summed E-state index contributed by atoms with van der Waals surface area (Å²) in [6.07, 6.45) is 2.82. The first kappa shape index (κ1) is 16.7. The zero-order valence-corrected chi connectivity index (χ0v) is 13.9. The van der Waals surface area contributed by atoms with E-state index < -0.39 is 5.54 Å². The number of furan rings is 1. The predicted molar refractivity (Wildman–Crippen MR) is 85.1 cm³/mol. The largest absolute Gasteiger partial charge is 0.455 e. The van der Waals surface area contributed by atoms with Crippen molar-refractivity contribution in [3.8, 4) is 0 Å². The van der Waals surface area contributed by atoms with Gasteiger partial charge in [0.05, 0.1) is 11.1 Å². The first-order chi connectivity index (χ1) is 10.3. The summed E-state index contributed by atoms with van der Waals surface area (Å²) in [7, 11) is 0. The summed E-state index contributed by atoms with van der Waals surface area (Å²) >= 11 is 0. The average Bonchev–Trinajstić information content (AvgIpc) is 2.76. The predicted octanol–water partition coefficient (Wildman–Crippen LogP) is 2.60. The first-order valence-corrected chi connectivity index (χ1v) is 7.95. The first-order valence-electron chi connectivity index (χ1n) is 7.95. The van der Waals surface area contributed by atoms with E-state index >= 15 is 0 Å². The SMILES string of the molecule is Cc1c(C(=O)NC(C)(CN)CC(C)C)oc2c1C(=O)CCC2. The van der Waals surface area contributed by atoms with Crippen molar-refractivity contribution >= 4 is 11.7 Å². The Kier molecular flexibility index (Phi) is 4.75. The maximum absolute atomic E-state index is 12.6. The quantitative estimate of drug-likeness (QED) is 0.875. The minimum absolute atomic E-state index is 0.0744. The number of rotatable bonds is 5. The van der Waals surface area contributed by atoms with E-state index in [4.69, 9.17) is 10.2 Å². The maximum atomic E-state index is 12.6. The lowest BCUT2D eigenvalue weighted by Crippen LogP contribution is -2.52. The van der Waals surface area contributed by atoms with Gasteiger partial charge >= 0.3 is 0 Å². The van der Waals surface area contributed by atoms with Crippen LogP contribution in [0.25, 0.3) is 0 Å². The van der Waals surface area contributed by atoms with Gasteiger partial charge in [-0.05, 0) is 32.6 Å². The summed E-state index contributed by atoms with van der Waals surface area (Å²) < 4.78 is 5.69. The molecule has 1 unspecified atom stereocenters. The molecule has 0 radical (unpaired) electrons. The molecule has 0 fully saturated rings. The molecule has 5 heteroatoms. The van der Waals surface area contributed by atoms with Gasteiger partial charge in [0.2, 0.25) is 0 Å². The number of amides is 1. The van der Waals surface area contributed by atoms with Crippen molar-refractivity contribution in [3.05, 3.63) is 22.6 Å². The number of carbonyl (C=O) groups excluding carboxylic acids is 2. The lowest BCUT2D eigenvalue weighted by atomic mass is 9.90. The Morgan fingerprint density at radius 2 is 2.09 bits per heavy atom. The molecule has 122 valence electrons. The molecule has 1 aliphatic rings. The van der Waals surface area contributed by atoms with Gasteiger partial charge in [0, 0.05) is 24.9 Å². The Morgan fingerprint density at radius 1 is 1.41 bits per heavy atom. The van der Waals surface area contributed by atoms with E-state index in [-0.39, 0.29) is 17.5 Å². The number of nitrogens with two attached hydrogens (primary N) is 1. The highest BCUT2D eigenvalue weighted by atomic mass is 16.4. The van der Waals surface area contributed by atoms with Gasteiger partial charge in [-0.1, -0.05) is 13.8 Å². The Morgan fingerprint density at radius 3 is 2.64 bits per heavy atom. The number of hydrogen-bond acceptors (Lipinski definition) is 4. The highest BCUT2D eigenvalue weighted by Crippen LogP contribution is 2.29. The van der Waals surface area contributed by atoms with E-state index in [2.05, 4.69) is 19.2 Å². The van der Waals surface area contributed by atoms with Crippen LogP contribution in [0.4, 0.5) is 0 Å². The Balaban J connectivity index is 2.25. The van der Waals surface area contributed by atoms with Crippen LogP contribution >= 0.6 is 0 Å². The van der Waals surface area contributed by atoms with Gasteiger partial charge in [-0.25, -0.2) is 0 Å². The number of carbonyl (C=O) groups is 2. The van der Waals surface area contributed by atoms with Crippen LogP contribution in [0.1, 0.15) is 72.3 Å². The fourth-order valence-electron chi connectivity index (χ4n) is 3.28. The third kappa shape index (κ3) is 3.24. The normalized spacial score (nSPS) is 17.3. The van der Waals surface area contributed by atoms with E-state index in [0.29, 0.717) is 35.8 Å². The van der Waals surface area contributed by atoms with Gasteiger partial charge in [0.25, 0.3) is 5.91 Å². The summed E-state index contributed by atoms with van der Waals surface area (Å²) in [5.74, 6) is 1.11. The van der Waals surface area contributed by atoms with Crippen molar-refractivity contribution in [3.63, 3.8) is 0 Å². The van der Waals surface area contributed by atoms with Crippen molar-refractivity contribution < 1.29 is 14.0 Å². The zero-order valence-electron chi connectivity index (χ0n) is 13.9. The summed E-state index contributed by atoms with van der Waals surface area (Å²) in [6.45, 7) is 8.26. The molecule has 22 heavy (non-hydrogen) atoms. The van der Waals surface area contributed by atoms with E-state index in [0.717, 1.165) is 19.3 Å². The van der Waals surface area contributed by atoms with Gasteiger partial charge in [-0.15, -0.1) is 0 Å². The molecule has 0 saturated heterocycles. The van der Waals surface area contributed by atoms with Crippen molar-refractivity contribution in [2.45, 2.75) is 58.9 Å². The maximum Gasteiger partial charge on any atom is 0.287 e.